The molecule has 2 aliphatic rings. The SMILES string of the molecule is CC1CCC(C(C)C)C(OC(=O)C(Cc2ccccc2)C(=O)OC2CC(C)CCC2C(C)C)C1. The fourth-order valence-corrected chi connectivity index (χ4v) is 6.08. The zero-order valence-corrected chi connectivity index (χ0v) is 22.2. The maximum atomic E-state index is 13.5. The lowest BCUT2D eigenvalue weighted by atomic mass is 9.75. The van der Waals surface area contributed by atoms with Crippen LogP contribution in [-0.2, 0) is 25.5 Å². The van der Waals surface area contributed by atoms with Gasteiger partial charge in [0, 0.05) is 0 Å². The molecule has 190 valence electrons. The van der Waals surface area contributed by atoms with Crippen molar-refractivity contribution in [3.8, 4) is 0 Å². The second-order valence-corrected chi connectivity index (χ2v) is 11.8. The van der Waals surface area contributed by atoms with Crippen LogP contribution >= 0.6 is 0 Å². The molecule has 4 nitrogen and oxygen atoms in total. The van der Waals surface area contributed by atoms with E-state index in [-0.39, 0.29) is 12.2 Å². The molecule has 6 atom stereocenters. The Morgan fingerprint density at radius 2 is 1.21 bits per heavy atom. The van der Waals surface area contributed by atoms with E-state index < -0.39 is 17.9 Å². The molecule has 0 spiro atoms. The summed E-state index contributed by atoms with van der Waals surface area (Å²) in [7, 11) is 0. The van der Waals surface area contributed by atoms with Crippen LogP contribution in [0.3, 0.4) is 0 Å². The smallest absolute Gasteiger partial charge is 0.320 e. The Morgan fingerprint density at radius 3 is 1.62 bits per heavy atom. The van der Waals surface area contributed by atoms with Crippen LogP contribution in [0.4, 0.5) is 0 Å². The summed E-state index contributed by atoms with van der Waals surface area (Å²) in [6, 6.07) is 9.76. The van der Waals surface area contributed by atoms with Gasteiger partial charge in [-0.25, -0.2) is 0 Å². The van der Waals surface area contributed by atoms with Gasteiger partial charge in [-0.2, -0.15) is 0 Å². The van der Waals surface area contributed by atoms with E-state index in [0.717, 1.165) is 31.2 Å². The molecule has 2 saturated carbocycles. The predicted molar refractivity (Wildman–Crippen MR) is 136 cm³/mol. The molecular weight excluding hydrogens is 424 g/mol. The molecular formula is C30H46O4. The molecule has 34 heavy (non-hydrogen) atoms. The second kappa shape index (κ2) is 12.2. The van der Waals surface area contributed by atoms with E-state index >= 15 is 0 Å². The molecule has 1 aromatic carbocycles. The highest BCUT2D eigenvalue weighted by molar-refractivity contribution is 5.95. The third-order valence-electron chi connectivity index (χ3n) is 8.31. The zero-order chi connectivity index (χ0) is 24.8. The number of carbonyl (C=O) groups is 2. The Labute approximate surface area is 207 Å². The van der Waals surface area contributed by atoms with Crippen molar-refractivity contribution in [2.45, 2.75) is 98.7 Å². The van der Waals surface area contributed by atoms with Crippen molar-refractivity contribution in [2.75, 3.05) is 0 Å². The number of esters is 2. The molecule has 2 fully saturated rings. The first-order valence-corrected chi connectivity index (χ1v) is 13.6. The molecule has 0 saturated heterocycles. The quantitative estimate of drug-likeness (QED) is 0.308. The summed E-state index contributed by atoms with van der Waals surface area (Å²) in [5, 5.41) is 0. The second-order valence-electron chi connectivity index (χ2n) is 11.8. The van der Waals surface area contributed by atoms with Gasteiger partial charge >= 0.3 is 11.9 Å². The topological polar surface area (TPSA) is 52.6 Å². The third-order valence-corrected chi connectivity index (χ3v) is 8.31. The average molecular weight is 471 g/mol. The standard InChI is InChI=1S/C30H46O4/c1-19(2)24-14-12-21(5)16-27(24)33-29(31)26(18-23-10-8-7-9-11-23)30(32)34-28-17-22(6)13-15-25(28)20(3)4/h7-11,19-22,24-28H,12-18H2,1-6H3. The first-order chi connectivity index (χ1) is 16.2. The number of rotatable bonds is 8. The Balaban J connectivity index is 1.78. The number of hydrogen-bond acceptors (Lipinski definition) is 4. The third kappa shape index (κ3) is 7.09. The minimum Gasteiger partial charge on any atom is -0.461 e. The Bertz CT molecular complexity index is 740. The Morgan fingerprint density at radius 1 is 0.765 bits per heavy atom. The van der Waals surface area contributed by atoms with E-state index in [1.54, 1.807) is 0 Å². The minimum atomic E-state index is -0.919. The molecule has 4 heteroatoms. The first-order valence-electron chi connectivity index (χ1n) is 13.6. The Hall–Kier alpha value is -1.84. The van der Waals surface area contributed by atoms with E-state index in [9.17, 15) is 9.59 Å². The molecule has 0 N–H and O–H groups in total. The fourth-order valence-electron chi connectivity index (χ4n) is 6.08. The van der Waals surface area contributed by atoms with Gasteiger partial charge in [0.2, 0.25) is 0 Å². The molecule has 0 heterocycles. The van der Waals surface area contributed by atoms with E-state index in [1.807, 2.05) is 30.3 Å². The highest BCUT2D eigenvalue weighted by Gasteiger charge is 2.40. The number of carbonyl (C=O) groups excluding carboxylic acids is 2. The molecule has 0 bridgehead atoms. The summed E-state index contributed by atoms with van der Waals surface area (Å²) in [4.78, 5) is 27.1. The summed E-state index contributed by atoms with van der Waals surface area (Å²) in [5.74, 6) is 0.895. The van der Waals surface area contributed by atoms with E-state index in [1.165, 1.54) is 12.8 Å². The van der Waals surface area contributed by atoms with Crippen molar-refractivity contribution < 1.29 is 19.1 Å². The molecule has 0 radical (unpaired) electrons. The lowest BCUT2D eigenvalue weighted by Gasteiger charge is -2.38. The van der Waals surface area contributed by atoms with Crippen molar-refractivity contribution in [3.05, 3.63) is 35.9 Å². The van der Waals surface area contributed by atoms with E-state index in [2.05, 4.69) is 41.5 Å². The van der Waals surface area contributed by atoms with Gasteiger partial charge in [0.05, 0.1) is 0 Å². The average Bonchev–Trinajstić information content (AvgIpc) is 2.77. The number of hydrogen-bond donors (Lipinski definition) is 0. The molecule has 0 aliphatic heterocycles. The van der Waals surface area contributed by atoms with E-state index in [4.69, 9.17) is 9.47 Å². The molecule has 1 aromatic rings. The summed E-state index contributed by atoms with van der Waals surface area (Å²) in [6.45, 7) is 13.3. The first kappa shape index (κ1) is 26.8. The van der Waals surface area contributed by atoms with Crippen LogP contribution in [0.2, 0.25) is 0 Å². The lowest BCUT2D eigenvalue weighted by Crippen LogP contribution is -2.42. The summed E-state index contributed by atoms with van der Waals surface area (Å²) >= 11 is 0. The van der Waals surface area contributed by atoms with Crippen LogP contribution in [0.1, 0.15) is 85.6 Å². The van der Waals surface area contributed by atoms with Gasteiger partial charge in [-0.1, -0.05) is 84.7 Å². The van der Waals surface area contributed by atoms with Gasteiger partial charge in [0.25, 0.3) is 0 Å². The van der Waals surface area contributed by atoms with Crippen molar-refractivity contribution in [1.82, 2.24) is 0 Å². The fraction of sp³-hybridized carbons (Fsp3) is 0.733. The highest BCUT2D eigenvalue weighted by atomic mass is 16.6. The lowest BCUT2D eigenvalue weighted by molar-refractivity contribution is -0.175. The molecule has 6 unspecified atom stereocenters. The van der Waals surface area contributed by atoms with Gasteiger partial charge in [-0.05, 0) is 73.2 Å². The highest BCUT2D eigenvalue weighted by Crippen LogP contribution is 2.37. The normalized spacial score (nSPS) is 30.7. The van der Waals surface area contributed by atoms with Crippen molar-refractivity contribution in [2.24, 2.45) is 41.4 Å². The van der Waals surface area contributed by atoms with Gasteiger partial charge in [-0.15, -0.1) is 0 Å². The monoisotopic (exact) mass is 470 g/mol. The van der Waals surface area contributed by atoms with Gasteiger partial charge in [0.1, 0.15) is 12.2 Å². The molecule has 2 aliphatic carbocycles. The summed E-state index contributed by atoms with van der Waals surface area (Å²) < 4.78 is 12.3. The van der Waals surface area contributed by atoms with Crippen molar-refractivity contribution in [3.63, 3.8) is 0 Å². The molecule has 0 amide bonds. The van der Waals surface area contributed by atoms with Crippen molar-refractivity contribution in [1.29, 1.82) is 0 Å². The molecule has 0 aromatic heterocycles. The zero-order valence-electron chi connectivity index (χ0n) is 22.2. The van der Waals surface area contributed by atoms with Crippen LogP contribution in [0.25, 0.3) is 0 Å². The number of ether oxygens (including phenoxy) is 2. The van der Waals surface area contributed by atoms with Crippen LogP contribution in [0.15, 0.2) is 30.3 Å². The van der Waals surface area contributed by atoms with Crippen LogP contribution < -0.4 is 0 Å². The van der Waals surface area contributed by atoms with Crippen molar-refractivity contribution >= 4 is 11.9 Å². The maximum absolute atomic E-state index is 13.5. The van der Waals surface area contributed by atoms with Gasteiger partial charge in [-0.3, -0.25) is 9.59 Å². The maximum Gasteiger partial charge on any atom is 0.320 e. The van der Waals surface area contributed by atoms with Gasteiger partial charge in [0.15, 0.2) is 5.92 Å². The summed E-state index contributed by atoms with van der Waals surface area (Å²) in [6.07, 6.45) is 6.30. The predicted octanol–water partition coefficient (Wildman–Crippen LogP) is 6.85. The molecule has 3 rings (SSSR count). The van der Waals surface area contributed by atoms with Crippen LogP contribution in [0, 0.1) is 41.4 Å². The number of benzene rings is 1. The van der Waals surface area contributed by atoms with Crippen LogP contribution in [-0.4, -0.2) is 24.1 Å². The summed E-state index contributed by atoms with van der Waals surface area (Å²) in [5.41, 5.74) is 0.955. The van der Waals surface area contributed by atoms with Crippen LogP contribution in [0.5, 0.6) is 0 Å². The minimum absolute atomic E-state index is 0.125. The van der Waals surface area contributed by atoms with E-state index in [0.29, 0.717) is 41.9 Å². The van der Waals surface area contributed by atoms with Gasteiger partial charge < -0.3 is 9.47 Å². The largest absolute Gasteiger partial charge is 0.461 e. The Kier molecular flexibility index (Phi) is 9.62.